The fraction of sp³-hybridized carbons (Fsp3) is 0.462. The van der Waals surface area contributed by atoms with Crippen molar-refractivity contribution in [1.29, 1.82) is 5.26 Å². The molecule has 0 saturated carbocycles. The van der Waals surface area contributed by atoms with Crippen LogP contribution >= 0.6 is 0 Å². The Morgan fingerprint density at radius 1 is 1.63 bits per heavy atom. The van der Waals surface area contributed by atoms with Crippen LogP contribution in [0, 0.1) is 21.4 Å². The molecule has 1 fully saturated rings. The first-order valence-corrected chi connectivity index (χ1v) is 6.24. The SMILES string of the molecule is CN1CCCC1CNc1ccc([N+](=O)[O-])c(C#N)c1. The van der Waals surface area contributed by atoms with Gasteiger partial charge in [-0.3, -0.25) is 10.1 Å². The largest absolute Gasteiger partial charge is 0.383 e. The summed E-state index contributed by atoms with van der Waals surface area (Å²) in [4.78, 5) is 12.5. The Morgan fingerprint density at radius 2 is 2.42 bits per heavy atom. The summed E-state index contributed by atoms with van der Waals surface area (Å²) in [5.74, 6) is 0. The zero-order chi connectivity index (χ0) is 13.8. The molecule has 19 heavy (non-hydrogen) atoms. The van der Waals surface area contributed by atoms with Crippen LogP contribution in [0.25, 0.3) is 0 Å². The average molecular weight is 260 g/mol. The van der Waals surface area contributed by atoms with E-state index in [1.807, 2.05) is 6.07 Å². The molecule has 2 rings (SSSR count). The minimum Gasteiger partial charge on any atom is -0.383 e. The van der Waals surface area contributed by atoms with Crippen LogP contribution in [0.4, 0.5) is 11.4 Å². The molecule has 1 atom stereocenters. The van der Waals surface area contributed by atoms with Crippen molar-refractivity contribution in [2.45, 2.75) is 18.9 Å². The van der Waals surface area contributed by atoms with Crippen molar-refractivity contribution in [3.05, 3.63) is 33.9 Å². The van der Waals surface area contributed by atoms with Crippen molar-refractivity contribution in [1.82, 2.24) is 4.90 Å². The maximum atomic E-state index is 10.7. The smallest absolute Gasteiger partial charge is 0.287 e. The van der Waals surface area contributed by atoms with E-state index in [0.717, 1.165) is 25.2 Å². The van der Waals surface area contributed by atoms with E-state index in [-0.39, 0.29) is 11.3 Å². The number of anilines is 1. The monoisotopic (exact) mass is 260 g/mol. The first kappa shape index (κ1) is 13.3. The Morgan fingerprint density at radius 3 is 3.00 bits per heavy atom. The standard InChI is InChI=1S/C13H16N4O2/c1-16-6-2-3-12(16)9-15-11-4-5-13(17(18)19)10(7-11)8-14/h4-5,7,12,15H,2-3,6,9H2,1H3. The van der Waals surface area contributed by atoms with E-state index in [4.69, 9.17) is 5.26 Å². The molecule has 0 bridgehead atoms. The molecule has 0 aromatic heterocycles. The molecule has 1 aromatic carbocycles. The van der Waals surface area contributed by atoms with Gasteiger partial charge in [0.2, 0.25) is 0 Å². The van der Waals surface area contributed by atoms with E-state index < -0.39 is 4.92 Å². The van der Waals surface area contributed by atoms with Gasteiger partial charge in [0.05, 0.1) is 4.92 Å². The van der Waals surface area contributed by atoms with Gasteiger partial charge in [-0.15, -0.1) is 0 Å². The lowest BCUT2D eigenvalue weighted by Gasteiger charge is -2.20. The number of nitrogens with zero attached hydrogens (tertiary/aromatic N) is 3. The third-order valence-electron chi connectivity index (χ3n) is 3.53. The molecule has 1 unspecified atom stereocenters. The van der Waals surface area contributed by atoms with Crippen LogP contribution < -0.4 is 5.32 Å². The zero-order valence-electron chi connectivity index (χ0n) is 10.8. The molecule has 0 amide bonds. The van der Waals surface area contributed by atoms with Crippen LogP contribution in [0.1, 0.15) is 18.4 Å². The zero-order valence-corrected chi connectivity index (χ0v) is 10.8. The number of benzene rings is 1. The fourth-order valence-electron chi connectivity index (χ4n) is 2.37. The molecule has 100 valence electrons. The summed E-state index contributed by atoms with van der Waals surface area (Å²) < 4.78 is 0. The number of nitrogens with one attached hydrogen (secondary N) is 1. The molecule has 1 saturated heterocycles. The van der Waals surface area contributed by atoms with Crippen LogP contribution in [0.3, 0.4) is 0 Å². The van der Waals surface area contributed by atoms with Crippen LogP contribution in [0.5, 0.6) is 0 Å². The highest BCUT2D eigenvalue weighted by molar-refractivity contribution is 5.58. The Balaban J connectivity index is 2.05. The van der Waals surface area contributed by atoms with Gasteiger partial charge in [0, 0.05) is 24.3 Å². The number of hydrogen-bond donors (Lipinski definition) is 1. The summed E-state index contributed by atoms with van der Waals surface area (Å²) in [7, 11) is 2.09. The van der Waals surface area contributed by atoms with Crippen LogP contribution in [0.15, 0.2) is 18.2 Å². The topological polar surface area (TPSA) is 82.2 Å². The van der Waals surface area contributed by atoms with Gasteiger partial charge in [0.25, 0.3) is 5.69 Å². The maximum absolute atomic E-state index is 10.7. The van der Waals surface area contributed by atoms with Gasteiger partial charge in [0.1, 0.15) is 11.6 Å². The second kappa shape index (κ2) is 5.67. The van der Waals surface area contributed by atoms with Crippen molar-refractivity contribution < 1.29 is 4.92 Å². The van der Waals surface area contributed by atoms with E-state index in [0.29, 0.717) is 6.04 Å². The third-order valence-corrected chi connectivity index (χ3v) is 3.53. The lowest BCUT2D eigenvalue weighted by atomic mass is 10.1. The summed E-state index contributed by atoms with van der Waals surface area (Å²) >= 11 is 0. The molecule has 0 aliphatic carbocycles. The van der Waals surface area contributed by atoms with Crippen LogP contribution in [-0.4, -0.2) is 36.0 Å². The summed E-state index contributed by atoms with van der Waals surface area (Å²) in [6, 6.07) is 6.90. The fourth-order valence-corrected chi connectivity index (χ4v) is 2.37. The number of nitriles is 1. The Bertz CT molecular complexity index is 524. The number of likely N-dealkylation sites (tertiary alicyclic amines) is 1. The third kappa shape index (κ3) is 3.01. The lowest BCUT2D eigenvalue weighted by Crippen LogP contribution is -2.31. The van der Waals surface area contributed by atoms with Crippen molar-refractivity contribution in [3.63, 3.8) is 0 Å². The van der Waals surface area contributed by atoms with Crippen molar-refractivity contribution in [3.8, 4) is 6.07 Å². The van der Waals surface area contributed by atoms with E-state index >= 15 is 0 Å². The highest BCUT2D eigenvalue weighted by Crippen LogP contribution is 2.22. The summed E-state index contributed by atoms with van der Waals surface area (Å²) in [6.45, 7) is 1.90. The highest BCUT2D eigenvalue weighted by atomic mass is 16.6. The molecule has 0 spiro atoms. The Labute approximate surface area is 111 Å². The molecule has 6 nitrogen and oxygen atoms in total. The predicted molar refractivity (Wildman–Crippen MR) is 72.0 cm³/mol. The minimum atomic E-state index is -0.535. The van der Waals surface area contributed by atoms with E-state index in [2.05, 4.69) is 17.3 Å². The van der Waals surface area contributed by atoms with Gasteiger partial charge in [0.15, 0.2) is 0 Å². The minimum absolute atomic E-state index is 0.0924. The van der Waals surface area contributed by atoms with Crippen LogP contribution in [0.2, 0.25) is 0 Å². The summed E-state index contributed by atoms with van der Waals surface area (Å²) in [5.41, 5.74) is 0.697. The second-order valence-electron chi connectivity index (χ2n) is 4.76. The van der Waals surface area contributed by atoms with Crippen molar-refractivity contribution >= 4 is 11.4 Å². The van der Waals surface area contributed by atoms with E-state index in [1.54, 1.807) is 6.07 Å². The second-order valence-corrected chi connectivity index (χ2v) is 4.76. The predicted octanol–water partition coefficient (Wildman–Crippen LogP) is 1.97. The van der Waals surface area contributed by atoms with E-state index in [9.17, 15) is 10.1 Å². The molecule has 6 heteroatoms. The normalized spacial score (nSPS) is 19.1. The molecule has 1 aliphatic heterocycles. The molecule has 1 N–H and O–H groups in total. The average Bonchev–Trinajstić information content (AvgIpc) is 2.81. The number of nitro benzene ring substituents is 1. The molecular formula is C13H16N4O2. The quantitative estimate of drug-likeness (QED) is 0.661. The maximum Gasteiger partial charge on any atom is 0.287 e. The van der Waals surface area contributed by atoms with Gasteiger partial charge in [-0.2, -0.15) is 5.26 Å². The summed E-state index contributed by atoms with van der Waals surface area (Å²) in [5, 5.41) is 22.9. The molecule has 1 aromatic rings. The van der Waals surface area contributed by atoms with Gasteiger partial charge in [-0.1, -0.05) is 0 Å². The van der Waals surface area contributed by atoms with Crippen molar-refractivity contribution in [2.24, 2.45) is 0 Å². The molecule has 0 radical (unpaired) electrons. The van der Waals surface area contributed by atoms with Gasteiger partial charge < -0.3 is 10.2 Å². The molecule has 1 aliphatic rings. The first-order chi connectivity index (χ1) is 9.11. The highest BCUT2D eigenvalue weighted by Gasteiger charge is 2.20. The molecule has 1 heterocycles. The number of nitro groups is 1. The molecular weight excluding hydrogens is 244 g/mol. The first-order valence-electron chi connectivity index (χ1n) is 6.24. The number of likely N-dealkylation sites (N-methyl/N-ethyl adjacent to an activating group) is 1. The van der Waals surface area contributed by atoms with Gasteiger partial charge >= 0.3 is 0 Å². The van der Waals surface area contributed by atoms with Gasteiger partial charge in [-0.05, 0) is 38.6 Å². The Hall–Kier alpha value is -2.13. The summed E-state index contributed by atoms with van der Waals surface area (Å²) in [6.07, 6.45) is 2.36. The number of hydrogen-bond acceptors (Lipinski definition) is 5. The number of rotatable bonds is 4. The van der Waals surface area contributed by atoms with Crippen molar-refractivity contribution in [2.75, 3.05) is 25.5 Å². The lowest BCUT2D eigenvalue weighted by molar-refractivity contribution is -0.385. The Kier molecular flexibility index (Phi) is 3.97. The van der Waals surface area contributed by atoms with Gasteiger partial charge in [-0.25, -0.2) is 0 Å². The van der Waals surface area contributed by atoms with Crippen LogP contribution in [-0.2, 0) is 0 Å². The van der Waals surface area contributed by atoms with E-state index in [1.165, 1.54) is 18.6 Å².